The Morgan fingerprint density at radius 1 is 1.28 bits per heavy atom. The van der Waals surface area contributed by atoms with Crippen LogP contribution < -0.4 is 11.1 Å². The van der Waals surface area contributed by atoms with E-state index in [-0.39, 0.29) is 0 Å². The highest BCUT2D eigenvalue weighted by atomic mass is 16.5. The Morgan fingerprint density at radius 2 is 2.06 bits per heavy atom. The molecule has 106 valence electrons. The van der Waals surface area contributed by atoms with Crippen molar-refractivity contribution in [2.75, 3.05) is 19.7 Å². The van der Waals surface area contributed by atoms with Crippen molar-refractivity contribution in [2.24, 2.45) is 10.7 Å². The van der Waals surface area contributed by atoms with Crippen molar-refractivity contribution < 1.29 is 4.74 Å². The van der Waals surface area contributed by atoms with Crippen LogP contribution in [0.2, 0.25) is 0 Å². The lowest BCUT2D eigenvalue weighted by Crippen LogP contribution is -2.32. The highest BCUT2D eigenvalue weighted by Gasteiger charge is 2.12. The minimum absolute atomic E-state index is 0.503. The molecule has 0 radical (unpaired) electrons. The molecule has 0 aliphatic heterocycles. The zero-order valence-corrected chi connectivity index (χ0v) is 11.8. The van der Waals surface area contributed by atoms with E-state index in [1.807, 2.05) is 0 Å². The number of rotatable bonds is 8. The van der Waals surface area contributed by atoms with Crippen LogP contribution in [0.5, 0.6) is 0 Å². The van der Waals surface area contributed by atoms with Gasteiger partial charge in [-0.25, -0.2) is 0 Å². The monoisotopic (exact) mass is 255 g/mol. The predicted octanol–water partition coefficient (Wildman–Crippen LogP) is 2.43. The van der Waals surface area contributed by atoms with E-state index < -0.39 is 0 Å². The van der Waals surface area contributed by atoms with Gasteiger partial charge in [0.2, 0.25) is 0 Å². The van der Waals surface area contributed by atoms with Crippen molar-refractivity contribution in [3.63, 3.8) is 0 Å². The van der Waals surface area contributed by atoms with Crippen molar-refractivity contribution >= 4 is 5.96 Å². The van der Waals surface area contributed by atoms with E-state index in [2.05, 4.69) is 17.2 Å². The molecule has 0 bridgehead atoms. The summed E-state index contributed by atoms with van der Waals surface area (Å²) in [6.07, 6.45) is 10.3. The third kappa shape index (κ3) is 7.54. The molecule has 1 saturated carbocycles. The number of nitrogens with two attached hydrogens (primary N) is 1. The molecule has 3 N–H and O–H groups in total. The van der Waals surface area contributed by atoms with Gasteiger partial charge in [-0.05, 0) is 25.7 Å². The normalized spacial score (nSPS) is 17.9. The van der Waals surface area contributed by atoms with Crippen molar-refractivity contribution in [1.82, 2.24) is 5.32 Å². The fraction of sp³-hybridized carbons (Fsp3) is 0.929. The maximum Gasteiger partial charge on any atom is 0.188 e. The van der Waals surface area contributed by atoms with Crippen molar-refractivity contribution in [1.29, 1.82) is 0 Å². The van der Waals surface area contributed by atoms with Crippen LogP contribution in [-0.2, 0) is 4.74 Å². The van der Waals surface area contributed by atoms with Gasteiger partial charge in [-0.2, -0.15) is 0 Å². The molecule has 0 saturated heterocycles. The van der Waals surface area contributed by atoms with E-state index in [9.17, 15) is 0 Å². The maximum absolute atomic E-state index is 5.83. The minimum Gasteiger partial charge on any atom is -0.378 e. The average Bonchev–Trinajstić information content (AvgIpc) is 2.40. The van der Waals surface area contributed by atoms with E-state index in [1.54, 1.807) is 0 Å². The summed E-state index contributed by atoms with van der Waals surface area (Å²) in [5, 5.41) is 3.11. The van der Waals surface area contributed by atoms with Crippen LogP contribution in [0.4, 0.5) is 0 Å². The summed E-state index contributed by atoms with van der Waals surface area (Å²) in [4.78, 5) is 4.28. The van der Waals surface area contributed by atoms with Crippen LogP contribution in [0.3, 0.4) is 0 Å². The van der Waals surface area contributed by atoms with Crippen molar-refractivity contribution in [3.8, 4) is 0 Å². The fourth-order valence-electron chi connectivity index (χ4n) is 2.19. The number of aliphatic imine (C=N–C) groups is 1. The maximum atomic E-state index is 5.83. The summed E-state index contributed by atoms with van der Waals surface area (Å²) in [6.45, 7) is 4.66. The van der Waals surface area contributed by atoms with E-state index >= 15 is 0 Å². The number of nitrogens with one attached hydrogen (secondary N) is 1. The minimum atomic E-state index is 0.503. The Kier molecular flexibility index (Phi) is 8.65. The summed E-state index contributed by atoms with van der Waals surface area (Å²) in [5.41, 5.74) is 5.74. The SMILES string of the molecule is CCCCNC(N)=NCCCOC1CCCCC1. The lowest BCUT2D eigenvalue weighted by atomic mass is 9.98. The molecule has 0 aromatic carbocycles. The number of nitrogens with zero attached hydrogens (tertiary/aromatic N) is 1. The van der Waals surface area contributed by atoms with E-state index in [4.69, 9.17) is 10.5 Å². The van der Waals surface area contributed by atoms with Gasteiger partial charge in [0, 0.05) is 19.7 Å². The molecule has 1 fully saturated rings. The second kappa shape index (κ2) is 10.2. The molecule has 18 heavy (non-hydrogen) atoms. The van der Waals surface area contributed by atoms with Crippen LogP contribution in [0.15, 0.2) is 4.99 Å². The summed E-state index contributed by atoms with van der Waals surface area (Å²) in [5.74, 6) is 0.570. The van der Waals surface area contributed by atoms with E-state index in [1.165, 1.54) is 38.5 Å². The van der Waals surface area contributed by atoms with Gasteiger partial charge in [-0.3, -0.25) is 4.99 Å². The van der Waals surface area contributed by atoms with Gasteiger partial charge >= 0.3 is 0 Å². The molecule has 4 nitrogen and oxygen atoms in total. The van der Waals surface area contributed by atoms with E-state index in [0.29, 0.717) is 12.1 Å². The topological polar surface area (TPSA) is 59.6 Å². The second-order valence-corrected chi connectivity index (χ2v) is 5.03. The van der Waals surface area contributed by atoms with Gasteiger partial charge in [0.1, 0.15) is 0 Å². The number of guanidine groups is 1. The van der Waals surface area contributed by atoms with E-state index in [0.717, 1.165) is 32.5 Å². The molecular weight excluding hydrogens is 226 g/mol. The molecule has 0 aromatic heterocycles. The standard InChI is InChI=1S/C14H29N3O/c1-2-3-10-16-14(15)17-11-7-12-18-13-8-5-4-6-9-13/h13H,2-12H2,1H3,(H3,15,16,17). The average molecular weight is 255 g/mol. The number of unbranched alkanes of at least 4 members (excludes halogenated alkanes) is 1. The van der Waals surface area contributed by atoms with Crippen LogP contribution in [0, 0.1) is 0 Å². The first-order valence-corrected chi connectivity index (χ1v) is 7.48. The molecule has 0 atom stereocenters. The summed E-state index contributed by atoms with van der Waals surface area (Å²) in [6, 6.07) is 0. The van der Waals surface area contributed by atoms with Crippen LogP contribution in [0.25, 0.3) is 0 Å². The quantitative estimate of drug-likeness (QED) is 0.398. The molecule has 0 spiro atoms. The Bertz CT molecular complexity index is 225. The molecule has 0 unspecified atom stereocenters. The molecule has 0 aromatic rings. The third-order valence-electron chi connectivity index (χ3n) is 3.33. The third-order valence-corrected chi connectivity index (χ3v) is 3.33. The number of hydrogen-bond acceptors (Lipinski definition) is 2. The summed E-state index contributed by atoms with van der Waals surface area (Å²) < 4.78 is 5.83. The first-order valence-electron chi connectivity index (χ1n) is 7.48. The van der Waals surface area contributed by atoms with Gasteiger partial charge in [0.25, 0.3) is 0 Å². The second-order valence-electron chi connectivity index (χ2n) is 5.03. The first kappa shape index (κ1) is 15.3. The smallest absolute Gasteiger partial charge is 0.188 e. The largest absolute Gasteiger partial charge is 0.378 e. The molecule has 1 aliphatic rings. The zero-order chi connectivity index (χ0) is 13.1. The molecule has 1 aliphatic carbocycles. The highest BCUT2D eigenvalue weighted by Crippen LogP contribution is 2.20. The van der Waals surface area contributed by atoms with Crippen molar-refractivity contribution in [2.45, 2.75) is 64.4 Å². The lowest BCUT2D eigenvalue weighted by Gasteiger charge is -2.21. The van der Waals surface area contributed by atoms with Crippen LogP contribution in [-0.4, -0.2) is 31.8 Å². The molecule has 0 amide bonds. The molecule has 4 heteroatoms. The lowest BCUT2D eigenvalue weighted by molar-refractivity contribution is 0.0281. The van der Waals surface area contributed by atoms with Gasteiger partial charge < -0.3 is 15.8 Å². The number of ether oxygens (including phenoxy) is 1. The molecular formula is C14H29N3O. The summed E-state index contributed by atoms with van der Waals surface area (Å²) >= 11 is 0. The Labute approximate surface area is 111 Å². The number of hydrogen-bond donors (Lipinski definition) is 2. The summed E-state index contributed by atoms with van der Waals surface area (Å²) in [7, 11) is 0. The molecule has 1 rings (SSSR count). The zero-order valence-electron chi connectivity index (χ0n) is 11.8. The first-order chi connectivity index (χ1) is 8.83. The predicted molar refractivity (Wildman–Crippen MR) is 76.8 cm³/mol. The molecule has 0 heterocycles. The van der Waals surface area contributed by atoms with Gasteiger partial charge in [0.15, 0.2) is 5.96 Å². The van der Waals surface area contributed by atoms with Crippen LogP contribution in [0.1, 0.15) is 58.3 Å². The fourth-order valence-corrected chi connectivity index (χ4v) is 2.19. The highest BCUT2D eigenvalue weighted by molar-refractivity contribution is 5.77. The Morgan fingerprint density at radius 3 is 2.78 bits per heavy atom. The van der Waals surface area contributed by atoms with Gasteiger partial charge in [-0.15, -0.1) is 0 Å². The van der Waals surface area contributed by atoms with Gasteiger partial charge in [-0.1, -0.05) is 32.6 Å². The Hall–Kier alpha value is -0.770. The van der Waals surface area contributed by atoms with Crippen LogP contribution >= 0.6 is 0 Å². The van der Waals surface area contributed by atoms with Gasteiger partial charge in [0.05, 0.1) is 6.10 Å². The Balaban J connectivity index is 1.94. The van der Waals surface area contributed by atoms with Crippen molar-refractivity contribution in [3.05, 3.63) is 0 Å².